The van der Waals surface area contributed by atoms with Gasteiger partial charge >= 0.3 is 0 Å². The van der Waals surface area contributed by atoms with Crippen LogP contribution in [0.3, 0.4) is 0 Å². The maximum Gasteiger partial charge on any atom is 0.138 e. The molecule has 0 amide bonds. The lowest BCUT2D eigenvalue weighted by Gasteiger charge is -2.15. The summed E-state index contributed by atoms with van der Waals surface area (Å²) in [5.41, 5.74) is -0.298. The van der Waals surface area contributed by atoms with E-state index in [0.717, 1.165) is 0 Å². The fourth-order valence-electron chi connectivity index (χ4n) is 0.805. The van der Waals surface area contributed by atoms with E-state index < -0.39 is 0 Å². The van der Waals surface area contributed by atoms with Crippen LogP contribution in [-0.2, 0) is 9.59 Å². The van der Waals surface area contributed by atoms with Crippen molar-refractivity contribution in [3.05, 3.63) is 0 Å². The summed E-state index contributed by atoms with van der Waals surface area (Å²) in [6.45, 7) is 7.47. The molecule has 0 rings (SSSR count). The van der Waals surface area contributed by atoms with Gasteiger partial charge in [0.25, 0.3) is 0 Å². The van der Waals surface area contributed by atoms with E-state index >= 15 is 0 Å². The number of carbonyl (C=O) groups is 2. The van der Waals surface area contributed by atoms with Crippen molar-refractivity contribution in [2.75, 3.05) is 0 Å². The third-order valence-electron chi connectivity index (χ3n) is 1.86. The van der Waals surface area contributed by atoms with Gasteiger partial charge in [0.15, 0.2) is 0 Å². The highest BCUT2D eigenvalue weighted by Gasteiger charge is 2.20. The Morgan fingerprint density at radius 3 is 1.92 bits per heavy atom. The Bertz CT molecular complexity index is 175. The second-order valence-corrected chi connectivity index (χ2v) is 4.07. The maximum absolute atomic E-state index is 11.3. The highest BCUT2D eigenvalue weighted by molar-refractivity contribution is 5.88. The number of hydrogen-bond donors (Lipinski definition) is 0. The molecule has 12 heavy (non-hydrogen) atoms. The molecule has 0 spiro atoms. The summed E-state index contributed by atoms with van der Waals surface area (Å²) in [5, 5.41) is 0. The molecule has 0 heterocycles. The summed E-state index contributed by atoms with van der Waals surface area (Å²) in [6.07, 6.45) is 1.35. The zero-order chi connectivity index (χ0) is 9.78. The fourth-order valence-corrected chi connectivity index (χ4v) is 0.805. The van der Waals surface area contributed by atoms with Gasteiger partial charge in [0.2, 0.25) is 0 Å². The quantitative estimate of drug-likeness (QED) is 0.649. The van der Waals surface area contributed by atoms with Gasteiger partial charge in [0.05, 0.1) is 0 Å². The first-order valence-electron chi connectivity index (χ1n) is 4.43. The minimum Gasteiger partial charge on any atom is -0.300 e. The van der Waals surface area contributed by atoms with Crippen molar-refractivity contribution in [2.45, 2.75) is 47.0 Å². The minimum atomic E-state index is -0.298. The van der Waals surface area contributed by atoms with Crippen LogP contribution in [0.1, 0.15) is 47.0 Å². The van der Waals surface area contributed by atoms with E-state index in [2.05, 4.69) is 0 Å². The molecule has 0 bridgehead atoms. The Kier molecular flexibility index (Phi) is 4.15. The fraction of sp³-hybridized carbons (Fsp3) is 0.800. The molecule has 0 radical (unpaired) electrons. The number of Topliss-reactive ketones (excluding diaryl/α,β-unsaturated/α-hetero) is 2. The summed E-state index contributed by atoms with van der Waals surface area (Å²) < 4.78 is 0. The normalized spacial score (nSPS) is 11.3. The number of hydrogen-bond acceptors (Lipinski definition) is 2. The molecule has 0 aliphatic heterocycles. The van der Waals surface area contributed by atoms with Gasteiger partial charge in [0, 0.05) is 24.7 Å². The molecule has 0 aromatic rings. The maximum atomic E-state index is 11.3. The number of carbonyl (C=O) groups excluding carboxylic acids is 2. The highest BCUT2D eigenvalue weighted by Crippen LogP contribution is 2.17. The number of ketones is 2. The smallest absolute Gasteiger partial charge is 0.138 e. The zero-order valence-corrected chi connectivity index (χ0v) is 8.44. The Labute approximate surface area is 74.3 Å². The standard InChI is InChI=1S/C10H18O2/c1-5-8(11)6-7-9(12)10(2,3)4/h5-7H2,1-4H3. The summed E-state index contributed by atoms with van der Waals surface area (Å²) in [4.78, 5) is 22.2. The second kappa shape index (κ2) is 4.39. The van der Waals surface area contributed by atoms with Gasteiger partial charge in [0.1, 0.15) is 11.6 Å². The molecule has 0 unspecified atom stereocenters. The molecule has 0 aliphatic carbocycles. The van der Waals surface area contributed by atoms with E-state index in [1.165, 1.54) is 0 Å². The van der Waals surface area contributed by atoms with Crippen molar-refractivity contribution < 1.29 is 9.59 Å². The molecular weight excluding hydrogens is 152 g/mol. The molecule has 0 aromatic carbocycles. The second-order valence-electron chi connectivity index (χ2n) is 4.07. The van der Waals surface area contributed by atoms with Crippen molar-refractivity contribution in [3.8, 4) is 0 Å². The first kappa shape index (κ1) is 11.3. The lowest BCUT2D eigenvalue weighted by Crippen LogP contribution is -2.20. The zero-order valence-electron chi connectivity index (χ0n) is 8.44. The van der Waals surface area contributed by atoms with Crippen molar-refractivity contribution in [3.63, 3.8) is 0 Å². The predicted molar refractivity (Wildman–Crippen MR) is 49.0 cm³/mol. The van der Waals surface area contributed by atoms with Crippen molar-refractivity contribution in [2.24, 2.45) is 5.41 Å². The van der Waals surface area contributed by atoms with Crippen LogP contribution in [0.15, 0.2) is 0 Å². The van der Waals surface area contributed by atoms with E-state index in [1.54, 1.807) is 0 Å². The third-order valence-corrected chi connectivity index (χ3v) is 1.86. The van der Waals surface area contributed by atoms with Crippen LogP contribution in [-0.4, -0.2) is 11.6 Å². The summed E-state index contributed by atoms with van der Waals surface area (Å²) in [6, 6.07) is 0. The lowest BCUT2D eigenvalue weighted by molar-refractivity contribution is -0.129. The van der Waals surface area contributed by atoms with Crippen molar-refractivity contribution in [1.82, 2.24) is 0 Å². The first-order valence-corrected chi connectivity index (χ1v) is 4.43. The minimum absolute atomic E-state index is 0.171. The van der Waals surface area contributed by atoms with Gasteiger partial charge in [-0.3, -0.25) is 9.59 Å². The molecule has 2 heteroatoms. The molecular formula is C10H18O2. The van der Waals surface area contributed by atoms with Crippen LogP contribution in [0.2, 0.25) is 0 Å². The van der Waals surface area contributed by atoms with E-state index in [1.807, 2.05) is 27.7 Å². The van der Waals surface area contributed by atoms with Crippen molar-refractivity contribution >= 4 is 11.6 Å². The molecule has 2 nitrogen and oxygen atoms in total. The van der Waals surface area contributed by atoms with Gasteiger partial charge in [-0.15, -0.1) is 0 Å². The molecule has 0 atom stereocenters. The van der Waals surface area contributed by atoms with Gasteiger partial charge in [-0.05, 0) is 0 Å². The molecule has 0 saturated heterocycles. The largest absolute Gasteiger partial charge is 0.300 e. The molecule has 0 fully saturated rings. The lowest BCUT2D eigenvalue weighted by atomic mass is 9.88. The molecule has 70 valence electrons. The molecule has 0 saturated carbocycles. The first-order chi connectivity index (χ1) is 5.38. The summed E-state index contributed by atoms with van der Waals surface area (Å²) in [5.74, 6) is 0.344. The van der Waals surface area contributed by atoms with Crippen LogP contribution in [0.5, 0.6) is 0 Å². The topological polar surface area (TPSA) is 34.1 Å². The monoisotopic (exact) mass is 170 g/mol. The van der Waals surface area contributed by atoms with E-state index in [0.29, 0.717) is 19.3 Å². The van der Waals surface area contributed by atoms with Gasteiger partial charge in [-0.1, -0.05) is 27.7 Å². The Balaban J connectivity index is 3.81. The SMILES string of the molecule is CCC(=O)CCC(=O)C(C)(C)C. The van der Waals surface area contributed by atoms with Crippen LogP contribution in [0, 0.1) is 5.41 Å². The van der Waals surface area contributed by atoms with Crippen molar-refractivity contribution in [1.29, 1.82) is 0 Å². The van der Waals surface area contributed by atoms with Gasteiger partial charge < -0.3 is 0 Å². The van der Waals surface area contributed by atoms with E-state index in [4.69, 9.17) is 0 Å². The van der Waals surface area contributed by atoms with Crippen LogP contribution < -0.4 is 0 Å². The summed E-state index contributed by atoms with van der Waals surface area (Å²) in [7, 11) is 0. The Morgan fingerprint density at radius 2 is 1.58 bits per heavy atom. The van der Waals surface area contributed by atoms with Crippen LogP contribution >= 0.6 is 0 Å². The van der Waals surface area contributed by atoms with E-state index in [9.17, 15) is 9.59 Å². The van der Waals surface area contributed by atoms with Gasteiger partial charge in [-0.2, -0.15) is 0 Å². The summed E-state index contributed by atoms with van der Waals surface area (Å²) >= 11 is 0. The molecule has 0 aromatic heterocycles. The average molecular weight is 170 g/mol. The van der Waals surface area contributed by atoms with Crippen LogP contribution in [0.25, 0.3) is 0 Å². The molecule has 0 aliphatic rings. The average Bonchev–Trinajstić information content (AvgIpc) is 1.97. The Hall–Kier alpha value is -0.660. The van der Waals surface area contributed by atoms with E-state index in [-0.39, 0.29) is 17.0 Å². The third kappa shape index (κ3) is 4.27. The highest BCUT2D eigenvalue weighted by atomic mass is 16.1. The number of rotatable bonds is 4. The predicted octanol–water partition coefficient (Wildman–Crippen LogP) is 2.36. The van der Waals surface area contributed by atoms with Gasteiger partial charge in [-0.25, -0.2) is 0 Å². The Morgan fingerprint density at radius 1 is 1.08 bits per heavy atom. The molecule has 0 N–H and O–H groups in total. The van der Waals surface area contributed by atoms with Crippen LogP contribution in [0.4, 0.5) is 0 Å².